The Morgan fingerprint density at radius 3 is 2.94 bits per heavy atom. The molecule has 0 saturated carbocycles. The molecule has 0 N–H and O–H groups in total. The van der Waals surface area contributed by atoms with Crippen LogP contribution >= 0.6 is 11.6 Å². The van der Waals surface area contributed by atoms with E-state index >= 15 is 0 Å². The molecule has 7 heteroatoms. The van der Waals surface area contributed by atoms with Crippen molar-refractivity contribution in [1.82, 2.24) is 15.1 Å². The Morgan fingerprint density at radius 1 is 1.50 bits per heavy atom. The molecule has 0 atom stereocenters. The lowest BCUT2D eigenvalue weighted by Crippen LogP contribution is -2.00. The molecule has 2 aromatic heterocycles. The van der Waals surface area contributed by atoms with Crippen molar-refractivity contribution < 1.29 is 13.7 Å². The first-order valence-electron chi connectivity index (χ1n) is 5.33. The monoisotopic (exact) mass is 271 g/mol. The Hall–Kier alpha value is -1.69. The van der Waals surface area contributed by atoms with E-state index in [4.69, 9.17) is 20.9 Å². The third kappa shape index (κ3) is 2.76. The summed E-state index contributed by atoms with van der Waals surface area (Å²) >= 11 is 5.53. The van der Waals surface area contributed by atoms with E-state index in [9.17, 15) is 4.39 Å². The summed E-state index contributed by atoms with van der Waals surface area (Å²) in [4.78, 5) is 7.69. The van der Waals surface area contributed by atoms with Crippen LogP contribution in [0.5, 0.6) is 5.75 Å². The van der Waals surface area contributed by atoms with Gasteiger partial charge in [0.1, 0.15) is 0 Å². The van der Waals surface area contributed by atoms with Crippen molar-refractivity contribution >= 4 is 11.6 Å². The quantitative estimate of drug-likeness (QED) is 0.800. The number of hydrogen-bond acceptors (Lipinski definition) is 5. The highest BCUT2D eigenvalue weighted by Gasteiger charge is 2.12. The molecule has 0 saturated heterocycles. The first kappa shape index (κ1) is 12.8. The van der Waals surface area contributed by atoms with E-state index in [1.807, 2.05) is 13.8 Å². The van der Waals surface area contributed by atoms with Crippen LogP contribution in [0.15, 0.2) is 16.8 Å². The molecular weight excluding hydrogens is 261 g/mol. The SMILES string of the molecule is CC(C)c1nc(COc2ccnc(Cl)c2F)no1. The first-order valence-corrected chi connectivity index (χ1v) is 5.71. The van der Waals surface area contributed by atoms with Crippen LogP contribution in [0.25, 0.3) is 0 Å². The minimum atomic E-state index is -0.702. The Balaban J connectivity index is 2.04. The van der Waals surface area contributed by atoms with Crippen molar-refractivity contribution in [2.24, 2.45) is 0 Å². The van der Waals surface area contributed by atoms with E-state index < -0.39 is 5.82 Å². The summed E-state index contributed by atoms with van der Waals surface area (Å²) in [6.07, 6.45) is 1.36. The molecule has 0 aliphatic carbocycles. The van der Waals surface area contributed by atoms with Crippen molar-refractivity contribution in [3.05, 3.63) is 34.9 Å². The second-order valence-corrected chi connectivity index (χ2v) is 4.26. The highest BCUT2D eigenvalue weighted by Crippen LogP contribution is 2.22. The number of ether oxygens (including phenoxy) is 1. The zero-order valence-corrected chi connectivity index (χ0v) is 10.6. The fourth-order valence-electron chi connectivity index (χ4n) is 1.22. The van der Waals surface area contributed by atoms with Gasteiger partial charge in [0.05, 0.1) is 0 Å². The maximum absolute atomic E-state index is 13.5. The summed E-state index contributed by atoms with van der Waals surface area (Å²) in [6.45, 7) is 3.87. The van der Waals surface area contributed by atoms with Crippen LogP contribution in [-0.4, -0.2) is 15.1 Å². The summed E-state index contributed by atoms with van der Waals surface area (Å²) < 4.78 is 23.7. The molecule has 0 unspecified atom stereocenters. The Morgan fingerprint density at radius 2 is 2.28 bits per heavy atom. The van der Waals surface area contributed by atoms with Gasteiger partial charge in [-0.2, -0.15) is 9.37 Å². The van der Waals surface area contributed by atoms with Crippen LogP contribution in [0, 0.1) is 5.82 Å². The zero-order valence-electron chi connectivity index (χ0n) is 9.85. The average Bonchev–Trinajstić information content (AvgIpc) is 2.80. The molecule has 0 bridgehead atoms. The van der Waals surface area contributed by atoms with Crippen LogP contribution < -0.4 is 4.74 Å². The van der Waals surface area contributed by atoms with E-state index in [1.165, 1.54) is 12.3 Å². The standard InChI is InChI=1S/C11H11ClFN3O2/c1-6(2)11-15-8(16-18-11)5-17-7-3-4-14-10(12)9(7)13/h3-4,6H,5H2,1-2H3. The summed E-state index contributed by atoms with van der Waals surface area (Å²) in [5.74, 6) is 0.309. The van der Waals surface area contributed by atoms with Gasteiger partial charge in [0.15, 0.2) is 17.5 Å². The number of hydrogen-bond donors (Lipinski definition) is 0. The minimum absolute atomic E-state index is 0.00546. The van der Waals surface area contributed by atoms with Gasteiger partial charge in [-0.15, -0.1) is 0 Å². The fourth-order valence-corrected chi connectivity index (χ4v) is 1.37. The highest BCUT2D eigenvalue weighted by molar-refractivity contribution is 6.29. The minimum Gasteiger partial charge on any atom is -0.482 e. The molecule has 2 aromatic rings. The maximum Gasteiger partial charge on any atom is 0.229 e. The van der Waals surface area contributed by atoms with Gasteiger partial charge in [0.25, 0.3) is 0 Å². The van der Waals surface area contributed by atoms with E-state index in [1.54, 1.807) is 0 Å². The van der Waals surface area contributed by atoms with Crippen molar-refractivity contribution in [3.8, 4) is 5.75 Å². The third-order valence-corrected chi connectivity index (χ3v) is 2.41. The van der Waals surface area contributed by atoms with E-state index in [0.29, 0.717) is 11.7 Å². The molecule has 5 nitrogen and oxygen atoms in total. The summed E-state index contributed by atoms with van der Waals surface area (Å²) in [5.41, 5.74) is 0. The molecule has 0 radical (unpaired) electrons. The molecule has 2 heterocycles. The van der Waals surface area contributed by atoms with E-state index in [2.05, 4.69) is 15.1 Å². The van der Waals surface area contributed by atoms with Crippen LogP contribution in [-0.2, 0) is 6.61 Å². The molecule has 2 rings (SSSR count). The summed E-state index contributed by atoms with van der Waals surface area (Å²) in [7, 11) is 0. The van der Waals surface area contributed by atoms with Crippen LogP contribution in [0.1, 0.15) is 31.5 Å². The number of rotatable bonds is 4. The topological polar surface area (TPSA) is 61.0 Å². The van der Waals surface area contributed by atoms with Crippen LogP contribution in [0.2, 0.25) is 5.15 Å². The maximum atomic E-state index is 13.5. The van der Waals surface area contributed by atoms with Gasteiger partial charge in [-0.05, 0) is 0 Å². The predicted octanol–water partition coefficient (Wildman–Crippen LogP) is 2.96. The largest absolute Gasteiger partial charge is 0.482 e. The van der Waals surface area contributed by atoms with E-state index in [0.717, 1.165) is 0 Å². The van der Waals surface area contributed by atoms with Gasteiger partial charge in [-0.25, -0.2) is 4.98 Å². The molecular formula is C11H11ClFN3O2. The Kier molecular flexibility index (Phi) is 3.76. The number of pyridine rings is 1. The van der Waals surface area contributed by atoms with Crippen molar-refractivity contribution in [1.29, 1.82) is 0 Å². The second-order valence-electron chi connectivity index (χ2n) is 3.91. The van der Waals surface area contributed by atoms with Crippen LogP contribution in [0.4, 0.5) is 4.39 Å². The molecule has 0 spiro atoms. The Bertz CT molecular complexity index is 545. The molecule has 0 aliphatic heterocycles. The number of halogens is 2. The molecule has 0 fully saturated rings. The molecule has 0 aliphatic rings. The second kappa shape index (κ2) is 5.30. The zero-order chi connectivity index (χ0) is 13.1. The van der Waals surface area contributed by atoms with Crippen molar-refractivity contribution in [3.63, 3.8) is 0 Å². The molecule has 18 heavy (non-hydrogen) atoms. The normalized spacial score (nSPS) is 10.9. The van der Waals surface area contributed by atoms with Gasteiger partial charge in [-0.3, -0.25) is 0 Å². The lowest BCUT2D eigenvalue weighted by atomic mass is 10.2. The third-order valence-electron chi connectivity index (χ3n) is 2.15. The average molecular weight is 272 g/mol. The van der Waals surface area contributed by atoms with Gasteiger partial charge >= 0.3 is 0 Å². The highest BCUT2D eigenvalue weighted by atomic mass is 35.5. The van der Waals surface area contributed by atoms with E-state index in [-0.39, 0.29) is 23.4 Å². The Labute approximate surface area is 108 Å². The molecule has 0 amide bonds. The first-order chi connectivity index (χ1) is 8.58. The van der Waals surface area contributed by atoms with Gasteiger partial charge in [-0.1, -0.05) is 30.6 Å². The number of nitrogens with zero attached hydrogens (tertiary/aromatic N) is 3. The molecule has 96 valence electrons. The summed E-state index contributed by atoms with van der Waals surface area (Å²) in [5, 5.41) is 3.49. The molecule has 0 aromatic carbocycles. The summed E-state index contributed by atoms with van der Waals surface area (Å²) in [6, 6.07) is 1.38. The van der Waals surface area contributed by atoms with Crippen molar-refractivity contribution in [2.75, 3.05) is 0 Å². The van der Waals surface area contributed by atoms with Gasteiger partial charge < -0.3 is 9.26 Å². The van der Waals surface area contributed by atoms with Gasteiger partial charge in [0.2, 0.25) is 17.5 Å². The number of aromatic nitrogens is 3. The van der Waals surface area contributed by atoms with Crippen LogP contribution in [0.3, 0.4) is 0 Å². The lowest BCUT2D eigenvalue weighted by molar-refractivity contribution is 0.271. The smallest absolute Gasteiger partial charge is 0.229 e. The fraction of sp³-hybridized carbons (Fsp3) is 0.364. The van der Waals surface area contributed by atoms with Crippen molar-refractivity contribution in [2.45, 2.75) is 26.4 Å². The predicted molar refractivity (Wildman–Crippen MR) is 61.9 cm³/mol. The van der Waals surface area contributed by atoms with Gasteiger partial charge in [0, 0.05) is 18.2 Å². The lowest BCUT2D eigenvalue weighted by Gasteiger charge is -2.04.